The van der Waals surface area contributed by atoms with E-state index in [0.717, 1.165) is 76.8 Å². The fourth-order valence-corrected chi connectivity index (χ4v) is 7.04. The van der Waals surface area contributed by atoms with Crippen LogP contribution in [0, 0.1) is 5.92 Å². The molecule has 5 rings (SSSR count). The van der Waals surface area contributed by atoms with Gasteiger partial charge < -0.3 is 28.8 Å². The third-order valence-corrected chi connectivity index (χ3v) is 9.61. The van der Waals surface area contributed by atoms with E-state index in [1.807, 2.05) is 43.3 Å². The number of amides is 1. The molecule has 0 aliphatic carbocycles. The lowest BCUT2D eigenvalue weighted by Gasteiger charge is -2.30. The first kappa shape index (κ1) is 41.6. The van der Waals surface area contributed by atoms with E-state index >= 15 is 0 Å². The molecule has 1 aliphatic rings. The summed E-state index contributed by atoms with van der Waals surface area (Å²) in [5.41, 5.74) is 6.71. The van der Waals surface area contributed by atoms with Crippen LogP contribution in [0.25, 0.3) is 17.2 Å². The van der Waals surface area contributed by atoms with Crippen molar-refractivity contribution in [1.29, 1.82) is 0 Å². The third kappa shape index (κ3) is 13.7. The van der Waals surface area contributed by atoms with E-state index in [1.165, 1.54) is 0 Å². The van der Waals surface area contributed by atoms with E-state index in [0.29, 0.717) is 49.9 Å². The van der Waals surface area contributed by atoms with Crippen molar-refractivity contribution in [2.75, 3.05) is 49.4 Å². The van der Waals surface area contributed by atoms with Crippen LogP contribution >= 0.6 is 0 Å². The van der Waals surface area contributed by atoms with Crippen LogP contribution in [0.3, 0.4) is 0 Å². The maximum atomic E-state index is 13.7. The predicted molar refractivity (Wildman–Crippen MR) is 213 cm³/mol. The van der Waals surface area contributed by atoms with Crippen molar-refractivity contribution in [3.05, 3.63) is 96.1 Å². The summed E-state index contributed by atoms with van der Waals surface area (Å²) in [6.07, 6.45) is 8.88. The van der Waals surface area contributed by atoms with E-state index in [4.69, 9.17) is 14.0 Å². The van der Waals surface area contributed by atoms with Crippen LogP contribution in [0.4, 0.5) is 11.4 Å². The van der Waals surface area contributed by atoms with Crippen LogP contribution in [-0.2, 0) is 43.1 Å². The second kappa shape index (κ2) is 20.4. The molecule has 13 heteroatoms. The van der Waals surface area contributed by atoms with Gasteiger partial charge in [0.25, 0.3) is 16.0 Å². The molecule has 4 aromatic rings. The number of aryl methyl sites for hydroxylation is 1. The van der Waals surface area contributed by atoms with Gasteiger partial charge >= 0.3 is 0 Å². The molecule has 1 unspecified atom stereocenters. The Labute approximate surface area is 317 Å². The van der Waals surface area contributed by atoms with E-state index in [-0.39, 0.29) is 5.91 Å². The number of aromatic nitrogens is 2. The SMILES string of the molecule is CCCn1cncc1C[S+]([O-])c1ccc(NC(=O)/C2=C/c3cc(-c4ccc(OCCOCC)cc4)ccc3N(CC(C)C)CCC2)cc1.CS(=O)(=O)O. The minimum atomic E-state index is -3.67. The largest absolute Gasteiger partial charge is 0.611 e. The average Bonchev–Trinajstić information content (AvgIpc) is 3.54. The highest BCUT2D eigenvalue weighted by atomic mass is 32.2. The van der Waals surface area contributed by atoms with Crippen LogP contribution in [-0.4, -0.2) is 72.1 Å². The smallest absolute Gasteiger partial charge is 0.261 e. The molecule has 0 saturated carbocycles. The summed E-state index contributed by atoms with van der Waals surface area (Å²) >= 11 is -1.21. The molecule has 2 heterocycles. The standard InChI is InChI=1S/C39H48N4O4S.CH4O3S/c1-5-19-43-28-40-25-35(43)27-48(45)37-16-12-34(13-17-37)41-39(44)32-8-7-20-42(26-29(3)4)38-18-11-31(23-33(38)24-32)30-9-14-36(15-10-30)47-22-21-46-6-2;1-5(2,3)4/h9-18,23-25,28-29H,5-8,19-22,26-27H2,1-4H3,(H,41,44);1H3,(H,2,3,4)/b32-24+;. The molecule has 1 aromatic heterocycles. The van der Waals surface area contributed by atoms with Gasteiger partial charge in [0.05, 0.1) is 31.1 Å². The van der Waals surface area contributed by atoms with Crippen LogP contribution in [0.2, 0.25) is 0 Å². The second-order valence-corrected chi connectivity index (χ2v) is 16.2. The molecule has 53 heavy (non-hydrogen) atoms. The highest BCUT2D eigenvalue weighted by Gasteiger charge is 2.20. The first-order valence-corrected chi connectivity index (χ1v) is 21.1. The van der Waals surface area contributed by atoms with Gasteiger partial charge in [-0.2, -0.15) is 8.42 Å². The number of carbonyl (C=O) groups is 1. The average molecular weight is 765 g/mol. The molecule has 0 saturated heterocycles. The summed E-state index contributed by atoms with van der Waals surface area (Å²) < 4.78 is 52.2. The third-order valence-electron chi connectivity index (χ3n) is 8.25. The van der Waals surface area contributed by atoms with Crippen LogP contribution < -0.4 is 15.0 Å². The highest BCUT2D eigenvalue weighted by molar-refractivity contribution is 7.90. The van der Waals surface area contributed by atoms with Gasteiger partial charge in [-0.3, -0.25) is 9.35 Å². The topological polar surface area (TPSA) is 146 Å². The molecular formula is C40H52N4O7S2. The Kier molecular flexibility index (Phi) is 16.0. The fourth-order valence-electron chi connectivity index (χ4n) is 5.92. The highest BCUT2D eigenvalue weighted by Crippen LogP contribution is 2.33. The van der Waals surface area contributed by atoms with Gasteiger partial charge in [-0.25, -0.2) is 4.98 Å². The molecule has 0 fully saturated rings. The number of rotatable bonds is 15. The molecule has 11 nitrogen and oxygen atoms in total. The van der Waals surface area contributed by atoms with Gasteiger partial charge in [0.2, 0.25) is 0 Å². The summed E-state index contributed by atoms with van der Waals surface area (Å²) in [5, 5.41) is 3.09. The van der Waals surface area contributed by atoms with Crippen molar-refractivity contribution < 1.29 is 31.8 Å². The molecule has 2 N–H and O–H groups in total. The van der Waals surface area contributed by atoms with Gasteiger partial charge in [0, 0.05) is 43.2 Å². The fraction of sp³-hybridized carbons (Fsp3) is 0.400. The lowest BCUT2D eigenvalue weighted by molar-refractivity contribution is -0.112. The van der Waals surface area contributed by atoms with Gasteiger partial charge in [0.15, 0.2) is 10.6 Å². The molecular weight excluding hydrogens is 713 g/mol. The van der Waals surface area contributed by atoms with Gasteiger partial charge in [-0.1, -0.05) is 39.0 Å². The first-order chi connectivity index (χ1) is 25.3. The number of nitrogens with one attached hydrogen (secondary N) is 1. The van der Waals surface area contributed by atoms with Crippen molar-refractivity contribution in [3.8, 4) is 16.9 Å². The van der Waals surface area contributed by atoms with E-state index < -0.39 is 21.3 Å². The molecule has 1 amide bonds. The molecule has 0 bridgehead atoms. The summed E-state index contributed by atoms with van der Waals surface area (Å²) in [6.45, 7) is 13.0. The number of hydrogen-bond acceptors (Lipinski definition) is 8. The minimum Gasteiger partial charge on any atom is -0.611 e. The maximum absolute atomic E-state index is 13.7. The summed E-state index contributed by atoms with van der Waals surface area (Å²) in [6, 6.07) is 22.0. The molecule has 3 aromatic carbocycles. The number of imidazole rings is 1. The Bertz CT molecular complexity index is 1880. The number of hydrogen-bond donors (Lipinski definition) is 2. The normalized spacial score (nSPS) is 14.6. The number of ether oxygens (including phenoxy) is 2. The molecule has 0 radical (unpaired) electrons. The number of benzene rings is 3. The van der Waals surface area contributed by atoms with Crippen molar-refractivity contribution >= 4 is 44.7 Å². The number of carbonyl (C=O) groups excluding carboxylic acids is 1. The van der Waals surface area contributed by atoms with Crippen LogP contribution in [0.1, 0.15) is 58.2 Å². The van der Waals surface area contributed by atoms with Crippen molar-refractivity contribution in [2.45, 2.75) is 64.2 Å². The van der Waals surface area contributed by atoms with Gasteiger partial charge in [0.1, 0.15) is 12.4 Å². The zero-order chi connectivity index (χ0) is 38.4. The zero-order valence-corrected chi connectivity index (χ0v) is 32.9. The second-order valence-electron chi connectivity index (χ2n) is 13.2. The Morgan fingerprint density at radius 2 is 1.74 bits per heavy atom. The molecule has 1 atom stereocenters. The van der Waals surface area contributed by atoms with Gasteiger partial charge in [-0.05, 0) is 115 Å². The van der Waals surface area contributed by atoms with Gasteiger partial charge in [-0.15, -0.1) is 0 Å². The summed E-state index contributed by atoms with van der Waals surface area (Å²) in [7, 11) is -3.67. The van der Waals surface area contributed by atoms with E-state index in [9.17, 15) is 17.8 Å². The lowest BCUT2D eigenvalue weighted by atomic mass is 9.96. The first-order valence-electron chi connectivity index (χ1n) is 18.0. The molecule has 1 aliphatic heterocycles. The van der Waals surface area contributed by atoms with E-state index in [2.05, 4.69) is 76.9 Å². The molecule has 286 valence electrons. The van der Waals surface area contributed by atoms with Crippen molar-refractivity contribution in [3.63, 3.8) is 0 Å². The maximum Gasteiger partial charge on any atom is 0.261 e. The Morgan fingerprint density at radius 1 is 1.04 bits per heavy atom. The lowest BCUT2D eigenvalue weighted by Crippen LogP contribution is -2.30. The monoisotopic (exact) mass is 764 g/mol. The van der Waals surface area contributed by atoms with Crippen molar-refractivity contribution in [1.82, 2.24) is 9.55 Å². The quantitative estimate of drug-likeness (QED) is 0.0716. The Morgan fingerprint density at radius 3 is 2.40 bits per heavy atom. The predicted octanol–water partition coefficient (Wildman–Crippen LogP) is 7.47. The Balaban J connectivity index is 0.00000117. The number of nitrogens with zero attached hydrogens (tertiary/aromatic N) is 3. The minimum absolute atomic E-state index is 0.116. The van der Waals surface area contributed by atoms with Crippen LogP contribution in [0.15, 0.2) is 89.7 Å². The zero-order valence-electron chi connectivity index (χ0n) is 31.3. The summed E-state index contributed by atoms with van der Waals surface area (Å²) in [5.74, 6) is 1.61. The number of fused-ring (bicyclic) bond motifs is 1. The Hall–Kier alpha value is -4.14. The van der Waals surface area contributed by atoms with E-state index in [1.54, 1.807) is 12.5 Å². The van der Waals surface area contributed by atoms with Crippen molar-refractivity contribution in [2.24, 2.45) is 5.92 Å². The number of anilines is 2. The van der Waals surface area contributed by atoms with Crippen LogP contribution in [0.5, 0.6) is 5.75 Å². The summed E-state index contributed by atoms with van der Waals surface area (Å²) in [4.78, 5) is 21.1. The molecule has 0 spiro atoms.